The Morgan fingerprint density at radius 1 is 1.24 bits per heavy atom. The highest BCUT2D eigenvalue weighted by molar-refractivity contribution is 7.88. The molecule has 0 saturated carbocycles. The summed E-state index contributed by atoms with van der Waals surface area (Å²) in [5, 5.41) is 11.3. The van der Waals surface area contributed by atoms with E-state index >= 15 is 0 Å². The number of rotatable bonds is 9. The molecule has 25 heavy (non-hydrogen) atoms. The molecule has 2 N–H and O–H groups in total. The van der Waals surface area contributed by atoms with E-state index in [1.165, 1.54) is 11.9 Å². The fourth-order valence-corrected chi connectivity index (χ4v) is 2.43. The van der Waals surface area contributed by atoms with E-state index in [0.29, 0.717) is 0 Å². The second-order valence-corrected chi connectivity index (χ2v) is 7.81. The lowest BCUT2D eigenvalue weighted by Crippen LogP contribution is -2.50. The first-order valence-corrected chi connectivity index (χ1v) is 9.65. The van der Waals surface area contributed by atoms with Crippen LogP contribution in [-0.4, -0.2) is 73.6 Å². The normalized spacial score (nSPS) is 12.7. The van der Waals surface area contributed by atoms with Crippen molar-refractivity contribution in [3.8, 4) is 0 Å². The lowest BCUT2D eigenvalue weighted by molar-refractivity contribution is -0.140. The second-order valence-electron chi connectivity index (χ2n) is 5.72. The van der Waals surface area contributed by atoms with E-state index in [1.807, 2.05) is 30.3 Å². The summed E-state index contributed by atoms with van der Waals surface area (Å²) in [4.78, 5) is 26.1. The standard InChI is InChI=1S/C16H25N3O5S/c1-13(16(22)17-9-10-20)19(11-14-7-5-4-6-8-14)15(21)12-18(2)25(3,23)24/h4-8,13,20H,9-12H2,1-3H3,(H,17,22)/t13-/m1/s1. The Morgan fingerprint density at radius 2 is 1.84 bits per heavy atom. The zero-order chi connectivity index (χ0) is 19.0. The van der Waals surface area contributed by atoms with Crippen molar-refractivity contribution in [2.45, 2.75) is 19.5 Å². The van der Waals surface area contributed by atoms with E-state index in [0.717, 1.165) is 16.1 Å². The van der Waals surface area contributed by atoms with Crippen molar-refractivity contribution in [1.29, 1.82) is 0 Å². The summed E-state index contributed by atoms with van der Waals surface area (Å²) in [5.41, 5.74) is 0.819. The number of amides is 2. The molecule has 9 heteroatoms. The smallest absolute Gasteiger partial charge is 0.242 e. The van der Waals surface area contributed by atoms with Gasteiger partial charge in [-0.05, 0) is 12.5 Å². The Labute approximate surface area is 148 Å². The fourth-order valence-electron chi connectivity index (χ4n) is 2.09. The molecule has 1 aromatic carbocycles. The third-order valence-corrected chi connectivity index (χ3v) is 4.96. The molecule has 0 unspecified atom stereocenters. The minimum Gasteiger partial charge on any atom is -0.395 e. The Hall–Kier alpha value is -1.97. The molecule has 0 spiro atoms. The van der Waals surface area contributed by atoms with Gasteiger partial charge in [-0.2, -0.15) is 4.31 Å². The van der Waals surface area contributed by atoms with Gasteiger partial charge in [0, 0.05) is 20.1 Å². The molecule has 140 valence electrons. The van der Waals surface area contributed by atoms with Crippen LogP contribution in [-0.2, 0) is 26.2 Å². The average Bonchev–Trinajstić information content (AvgIpc) is 2.56. The minimum absolute atomic E-state index is 0.0831. The predicted molar refractivity (Wildman–Crippen MR) is 94.0 cm³/mol. The van der Waals surface area contributed by atoms with Crippen molar-refractivity contribution in [1.82, 2.24) is 14.5 Å². The van der Waals surface area contributed by atoms with Gasteiger partial charge in [-0.1, -0.05) is 30.3 Å². The van der Waals surface area contributed by atoms with Gasteiger partial charge in [0.05, 0.1) is 19.4 Å². The first-order chi connectivity index (χ1) is 11.7. The Bertz CT molecular complexity index is 678. The second kappa shape index (κ2) is 9.50. The number of aliphatic hydroxyl groups excluding tert-OH is 1. The third kappa shape index (κ3) is 6.81. The molecule has 1 rings (SSSR count). The van der Waals surface area contributed by atoms with Gasteiger partial charge in [0.15, 0.2) is 0 Å². The maximum absolute atomic E-state index is 12.6. The molecule has 0 heterocycles. The maximum atomic E-state index is 12.6. The number of sulfonamides is 1. The van der Waals surface area contributed by atoms with Crippen LogP contribution in [0.5, 0.6) is 0 Å². The van der Waals surface area contributed by atoms with Crippen molar-refractivity contribution < 1.29 is 23.1 Å². The minimum atomic E-state index is -3.51. The largest absolute Gasteiger partial charge is 0.395 e. The molecule has 0 fully saturated rings. The highest BCUT2D eigenvalue weighted by Gasteiger charge is 2.28. The van der Waals surface area contributed by atoms with E-state index in [9.17, 15) is 18.0 Å². The van der Waals surface area contributed by atoms with Crippen LogP contribution < -0.4 is 5.32 Å². The molecular formula is C16H25N3O5S. The van der Waals surface area contributed by atoms with Gasteiger partial charge >= 0.3 is 0 Å². The van der Waals surface area contributed by atoms with Crippen molar-refractivity contribution in [3.63, 3.8) is 0 Å². The maximum Gasteiger partial charge on any atom is 0.242 e. The molecule has 0 aliphatic rings. The fraction of sp³-hybridized carbons (Fsp3) is 0.500. The van der Waals surface area contributed by atoms with Crippen LogP contribution in [0.3, 0.4) is 0 Å². The summed E-state index contributed by atoms with van der Waals surface area (Å²) >= 11 is 0. The number of likely N-dealkylation sites (N-methyl/N-ethyl adjacent to an activating group) is 1. The zero-order valence-corrected chi connectivity index (χ0v) is 15.5. The molecule has 1 aromatic rings. The molecule has 0 aromatic heterocycles. The number of nitrogens with zero attached hydrogens (tertiary/aromatic N) is 2. The number of carbonyl (C=O) groups excluding carboxylic acids is 2. The van der Waals surface area contributed by atoms with Crippen LogP contribution in [0, 0.1) is 0 Å². The summed E-state index contributed by atoms with van der Waals surface area (Å²) in [5.74, 6) is -0.899. The summed E-state index contributed by atoms with van der Waals surface area (Å²) in [6.45, 7) is 1.25. The highest BCUT2D eigenvalue weighted by Crippen LogP contribution is 2.10. The van der Waals surface area contributed by atoms with Gasteiger partial charge in [0.1, 0.15) is 6.04 Å². The van der Waals surface area contributed by atoms with Crippen LogP contribution in [0.25, 0.3) is 0 Å². The number of aliphatic hydroxyl groups is 1. The SMILES string of the molecule is C[C@H](C(=O)NCCO)N(Cc1ccccc1)C(=O)CN(C)S(C)(=O)=O. The molecule has 8 nitrogen and oxygen atoms in total. The Balaban J connectivity index is 2.97. The van der Waals surface area contributed by atoms with Crippen LogP contribution >= 0.6 is 0 Å². The quantitative estimate of drug-likeness (QED) is 0.603. The Morgan fingerprint density at radius 3 is 2.36 bits per heavy atom. The van der Waals surface area contributed by atoms with Gasteiger partial charge in [-0.3, -0.25) is 9.59 Å². The van der Waals surface area contributed by atoms with Gasteiger partial charge in [-0.25, -0.2) is 8.42 Å². The molecule has 1 atom stereocenters. The van der Waals surface area contributed by atoms with Crippen molar-refractivity contribution in [2.75, 3.05) is 33.0 Å². The van der Waals surface area contributed by atoms with E-state index < -0.39 is 27.9 Å². The zero-order valence-electron chi connectivity index (χ0n) is 14.7. The predicted octanol–water partition coefficient (Wildman–Crippen LogP) is -0.596. The van der Waals surface area contributed by atoms with Crippen molar-refractivity contribution in [3.05, 3.63) is 35.9 Å². The topological polar surface area (TPSA) is 107 Å². The number of nitrogens with one attached hydrogen (secondary N) is 1. The van der Waals surface area contributed by atoms with E-state index in [4.69, 9.17) is 5.11 Å². The van der Waals surface area contributed by atoms with E-state index in [-0.39, 0.29) is 26.2 Å². The molecule has 2 amide bonds. The third-order valence-electron chi connectivity index (χ3n) is 3.70. The van der Waals surface area contributed by atoms with E-state index in [1.54, 1.807) is 6.92 Å². The summed E-state index contributed by atoms with van der Waals surface area (Å²) < 4.78 is 24.0. The van der Waals surface area contributed by atoms with Gasteiger partial charge in [-0.15, -0.1) is 0 Å². The summed E-state index contributed by atoms with van der Waals surface area (Å²) in [6, 6.07) is 8.29. The van der Waals surface area contributed by atoms with Crippen molar-refractivity contribution in [2.24, 2.45) is 0 Å². The molecule has 0 aliphatic heterocycles. The van der Waals surface area contributed by atoms with Crippen LogP contribution in [0.2, 0.25) is 0 Å². The lowest BCUT2D eigenvalue weighted by Gasteiger charge is -2.30. The molecule has 0 bridgehead atoms. The summed E-state index contributed by atoms with van der Waals surface area (Å²) in [6.07, 6.45) is 1.01. The molecular weight excluding hydrogens is 346 g/mol. The van der Waals surface area contributed by atoms with Gasteiger partial charge in [0.2, 0.25) is 21.8 Å². The first-order valence-electron chi connectivity index (χ1n) is 7.80. The molecule has 0 saturated heterocycles. The van der Waals surface area contributed by atoms with Gasteiger partial charge < -0.3 is 15.3 Å². The Kier molecular flexibility index (Phi) is 8.01. The molecule has 0 radical (unpaired) electrons. The van der Waals surface area contributed by atoms with Crippen LogP contribution in [0.1, 0.15) is 12.5 Å². The number of carbonyl (C=O) groups is 2. The number of benzene rings is 1. The van der Waals surface area contributed by atoms with Gasteiger partial charge in [0.25, 0.3) is 0 Å². The molecule has 0 aliphatic carbocycles. The monoisotopic (exact) mass is 371 g/mol. The lowest BCUT2D eigenvalue weighted by atomic mass is 10.1. The van der Waals surface area contributed by atoms with Crippen LogP contribution in [0.4, 0.5) is 0 Å². The summed E-state index contributed by atoms with van der Waals surface area (Å²) in [7, 11) is -2.20. The number of hydrogen-bond donors (Lipinski definition) is 2. The highest BCUT2D eigenvalue weighted by atomic mass is 32.2. The van der Waals surface area contributed by atoms with E-state index in [2.05, 4.69) is 5.32 Å². The first kappa shape index (κ1) is 21.1. The number of hydrogen-bond acceptors (Lipinski definition) is 5. The average molecular weight is 371 g/mol. The van der Waals surface area contributed by atoms with Crippen LogP contribution in [0.15, 0.2) is 30.3 Å². The van der Waals surface area contributed by atoms with Crippen molar-refractivity contribution >= 4 is 21.8 Å².